The van der Waals surface area contributed by atoms with Gasteiger partial charge in [0.1, 0.15) is 11.3 Å². The summed E-state index contributed by atoms with van der Waals surface area (Å²) in [6, 6.07) is 10.8. The third-order valence-electron chi connectivity index (χ3n) is 5.43. The number of ether oxygens (including phenoxy) is 2. The zero-order valence-corrected chi connectivity index (χ0v) is 18.5. The number of benzene rings is 2. The van der Waals surface area contributed by atoms with E-state index in [0.717, 1.165) is 0 Å². The van der Waals surface area contributed by atoms with Gasteiger partial charge in [-0.25, -0.2) is 9.78 Å². The van der Waals surface area contributed by atoms with E-state index in [1.165, 1.54) is 23.3 Å². The minimum Gasteiger partial charge on any atom is -0.494 e. The van der Waals surface area contributed by atoms with E-state index < -0.39 is 17.9 Å². The molecule has 0 N–H and O–H groups in total. The Balaban J connectivity index is 1.72. The molecule has 2 aromatic carbocycles. The fraction of sp³-hybridized carbons (Fsp3) is 0.167. The van der Waals surface area contributed by atoms with Gasteiger partial charge < -0.3 is 13.9 Å². The molecule has 3 heterocycles. The lowest BCUT2D eigenvalue weighted by Gasteiger charge is -2.22. The Morgan fingerprint density at radius 2 is 1.97 bits per heavy atom. The van der Waals surface area contributed by atoms with Gasteiger partial charge in [-0.1, -0.05) is 12.1 Å². The Bertz CT molecular complexity index is 1430. The van der Waals surface area contributed by atoms with Crippen molar-refractivity contribution in [2.75, 3.05) is 18.6 Å². The molecule has 0 saturated carbocycles. The molecule has 2 aromatic heterocycles. The number of aromatic nitrogens is 1. The topological polar surface area (TPSA) is 98.9 Å². The van der Waals surface area contributed by atoms with E-state index in [1.54, 1.807) is 54.0 Å². The Morgan fingerprint density at radius 1 is 1.18 bits per heavy atom. The Hall–Kier alpha value is -3.98. The van der Waals surface area contributed by atoms with Crippen LogP contribution < -0.4 is 15.1 Å². The second kappa shape index (κ2) is 8.18. The molecule has 0 aliphatic carbocycles. The van der Waals surface area contributed by atoms with Gasteiger partial charge in [-0.05, 0) is 36.8 Å². The van der Waals surface area contributed by atoms with Gasteiger partial charge in [0.15, 0.2) is 10.6 Å². The molecule has 0 spiro atoms. The largest absolute Gasteiger partial charge is 0.494 e. The molecular formula is C24H18N2O6S. The molecule has 5 rings (SSSR count). The van der Waals surface area contributed by atoms with E-state index in [1.807, 2.05) is 6.92 Å². The lowest BCUT2D eigenvalue weighted by molar-refractivity contribution is 0.0600. The van der Waals surface area contributed by atoms with Crippen LogP contribution in [-0.2, 0) is 4.74 Å². The first-order valence-electron chi connectivity index (χ1n) is 10.2. The summed E-state index contributed by atoms with van der Waals surface area (Å²) >= 11 is 1.28. The van der Waals surface area contributed by atoms with Crippen molar-refractivity contribution in [2.45, 2.75) is 13.0 Å². The van der Waals surface area contributed by atoms with E-state index in [-0.39, 0.29) is 22.3 Å². The summed E-state index contributed by atoms with van der Waals surface area (Å²) < 4.78 is 16.2. The molecule has 33 heavy (non-hydrogen) atoms. The molecule has 166 valence electrons. The Kier molecular flexibility index (Phi) is 5.18. The van der Waals surface area contributed by atoms with Crippen molar-refractivity contribution in [3.05, 3.63) is 86.7 Å². The highest BCUT2D eigenvalue weighted by atomic mass is 32.1. The number of carbonyl (C=O) groups excluding carboxylic acids is 2. The van der Waals surface area contributed by atoms with Crippen molar-refractivity contribution in [3.63, 3.8) is 0 Å². The minimum absolute atomic E-state index is 0.0293. The van der Waals surface area contributed by atoms with Gasteiger partial charge in [-0.15, -0.1) is 11.3 Å². The third-order valence-corrected chi connectivity index (χ3v) is 6.20. The molecular weight excluding hydrogens is 444 g/mol. The monoisotopic (exact) mass is 462 g/mol. The molecule has 0 radical (unpaired) electrons. The van der Waals surface area contributed by atoms with Crippen LogP contribution >= 0.6 is 11.3 Å². The zero-order valence-electron chi connectivity index (χ0n) is 17.7. The lowest BCUT2D eigenvalue weighted by atomic mass is 9.97. The number of esters is 1. The van der Waals surface area contributed by atoms with E-state index in [2.05, 4.69) is 4.98 Å². The van der Waals surface area contributed by atoms with Crippen LogP contribution in [-0.4, -0.2) is 30.6 Å². The Labute approximate surface area is 192 Å². The summed E-state index contributed by atoms with van der Waals surface area (Å²) in [4.78, 5) is 44.6. The summed E-state index contributed by atoms with van der Waals surface area (Å²) in [6.07, 6.45) is 1.59. The van der Waals surface area contributed by atoms with E-state index in [0.29, 0.717) is 34.0 Å². The Morgan fingerprint density at radius 3 is 2.64 bits per heavy atom. The van der Waals surface area contributed by atoms with Crippen molar-refractivity contribution < 1.29 is 23.5 Å². The number of hydrogen-bond acceptors (Lipinski definition) is 8. The van der Waals surface area contributed by atoms with Crippen LogP contribution in [0.25, 0.3) is 11.0 Å². The molecule has 0 saturated heterocycles. The predicted molar refractivity (Wildman–Crippen MR) is 122 cm³/mol. The van der Waals surface area contributed by atoms with Gasteiger partial charge in [0.2, 0.25) is 5.76 Å². The van der Waals surface area contributed by atoms with Crippen molar-refractivity contribution in [1.29, 1.82) is 0 Å². The highest BCUT2D eigenvalue weighted by Crippen LogP contribution is 2.42. The van der Waals surface area contributed by atoms with Gasteiger partial charge >= 0.3 is 5.97 Å². The maximum absolute atomic E-state index is 13.6. The number of fused-ring (bicyclic) bond motifs is 2. The maximum atomic E-state index is 13.6. The summed E-state index contributed by atoms with van der Waals surface area (Å²) in [5.74, 6) is -0.414. The molecule has 1 aliphatic heterocycles. The first-order valence-corrected chi connectivity index (χ1v) is 11.1. The van der Waals surface area contributed by atoms with Crippen LogP contribution in [0.2, 0.25) is 0 Å². The second-order valence-electron chi connectivity index (χ2n) is 7.27. The smallest absolute Gasteiger partial charge is 0.337 e. The summed E-state index contributed by atoms with van der Waals surface area (Å²) in [5.41, 5.74) is 1.21. The molecule has 9 heteroatoms. The molecule has 1 amide bonds. The number of hydrogen-bond donors (Lipinski definition) is 0. The average Bonchev–Trinajstić information content (AvgIpc) is 3.45. The fourth-order valence-electron chi connectivity index (χ4n) is 3.97. The molecule has 4 aromatic rings. The molecule has 0 fully saturated rings. The number of methoxy groups -OCH3 is 1. The van der Waals surface area contributed by atoms with Crippen LogP contribution in [0.3, 0.4) is 0 Å². The fourth-order valence-corrected chi connectivity index (χ4v) is 4.64. The molecule has 1 atom stereocenters. The zero-order chi connectivity index (χ0) is 23.1. The number of carbonyl (C=O) groups is 2. The van der Waals surface area contributed by atoms with Crippen LogP contribution in [0.5, 0.6) is 5.75 Å². The van der Waals surface area contributed by atoms with Crippen molar-refractivity contribution in [3.8, 4) is 5.75 Å². The average molecular weight is 462 g/mol. The summed E-state index contributed by atoms with van der Waals surface area (Å²) in [5, 5.41) is 2.54. The number of nitrogens with zero attached hydrogens (tertiary/aromatic N) is 2. The summed E-state index contributed by atoms with van der Waals surface area (Å²) in [6.45, 7) is 2.32. The van der Waals surface area contributed by atoms with E-state index in [4.69, 9.17) is 13.9 Å². The normalized spacial score (nSPS) is 15.0. The lowest BCUT2D eigenvalue weighted by Crippen LogP contribution is -2.29. The van der Waals surface area contributed by atoms with Crippen molar-refractivity contribution >= 4 is 39.3 Å². The highest BCUT2D eigenvalue weighted by Gasteiger charge is 2.44. The van der Waals surface area contributed by atoms with Gasteiger partial charge in [-0.3, -0.25) is 14.5 Å². The SMILES string of the molecule is CCOc1ccc2c(=O)c3c(oc2c1)C(=O)N(c1nccs1)C3c1ccc(C(=O)OC)cc1. The summed E-state index contributed by atoms with van der Waals surface area (Å²) in [7, 11) is 1.31. The van der Waals surface area contributed by atoms with Gasteiger partial charge in [-0.2, -0.15) is 0 Å². The van der Waals surface area contributed by atoms with Gasteiger partial charge in [0, 0.05) is 17.6 Å². The second-order valence-corrected chi connectivity index (χ2v) is 8.14. The first kappa shape index (κ1) is 20.9. The van der Waals surface area contributed by atoms with Crippen LogP contribution in [0.4, 0.5) is 5.13 Å². The van der Waals surface area contributed by atoms with E-state index in [9.17, 15) is 14.4 Å². The standard InChI is InChI=1S/C24H18N2O6S/c1-3-31-15-8-9-16-17(12-15)32-21-18(20(16)27)19(26(22(21)28)24-25-10-11-33-24)13-4-6-14(7-5-13)23(29)30-2/h4-12,19H,3H2,1-2H3. The molecule has 1 aliphatic rings. The number of thiazole rings is 1. The predicted octanol–water partition coefficient (Wildman–Crippen LogP) is 4.18. The molecule has 0 bridgehead atoms. The number of amides is 1. The first-order chi connectivity index (χ1) is 16.0. The van der Waals surface area contributed by atoms with Gasteiger partial charge in [0.05, 0.1) is 36.3 Å². The van der Waals surface area contributed by atoms with Crippen LogP contribution in [0.15, 0.2) is 63.3 Å². The number of anilines is 1. The van der Waals surface area contributed by atoms with Crippen LogP contribution in [0, 0.1) is 0 Å². The highest BCUT2D eigenvalue weighted by molar-refractivity contribution is 7.13. The third kappa shape index (κ3) is 3.37. The molecule has 1 unspecified atom stereocenters. The number of rotatable bonds is 5. The minimum atomic E-state index is -0.752. The maximum Gasteiger partial charge on any atom is 0.337 e. The van der Waals surface area contributed by atoms with Crippen LogP contribution in [0.1, 0.15) is 45.0 Å². The van der Waals surface area contributed by atoms with Crippen molar-refractivity contribution in [1.82, 2.24) is 4.98 Å². The van der Waals surface area contributed by atoms with E-state index >= 15 is 0 Å². The molecule has 8 nitrogen and oxygen atoms in total. The quantitative estimate of drug-likeness (QED) is 0.410. The van der Waals surface area contributed by atoms with Gasteiger partial charge in [0.25, 0.3) is 5.91 Å². The van der Waals surface area contributed by atoms with Crippen molar-refractivity contribution in [2.24, 2.45) is 0 Å².